The zero-order chi connectivity index (χ0) is 17.7. The number of allylic oxidation sites excluding steroid dienone is 4. The van der Waals surface area contributed by atoms with E-state index in [9.17, 15) is 4.79 Å². The first-order valence-corrected chi connectivity index (χ1v) is 9.28. The van der Waals surface area contributed by atoms with Gasteiger partial charge in [-0.3, -0.25) is 4.79 Å². The monoisotopic (exact) mass is 331 g/mol. The molecule has 2 aliphatic rings. The molecule has 0 aromatic heterocycles. The molecule has 3 nitrogen and oxygen atoms in total. The smallest absolute Gasteiger partial charge is 0.303 e. The van der Waals surface area contributed by atoms with Crippen molar-refractivity contribution in [2.75, 3.05) is 13.1 Å². The Morgan fingerprint density at radius 3 is 2.21 bits per heavy atom. The van der Waals surface area contributed by atoms with Crippen molar-refractivity contribution in [1.82, 2.24) is 4.90 Å². The summed E-state index contributed by atoms with van der Waals surface area (Å²) in [5.41, 5.74) is 4.16. The van der Waals surface area contributed by atoms with Crippen LogP contribution in [-0.4, -0.2) is 29.1 Å². The van der Waals surface area contributed by atoms with E-state index in [0.29, 0.717) is 17.8 Å². The molecule has 1 heterocycles. The van der Waals surface area contributed by atoms with Gasteiger partial charge in [-0.2, -0.15) is 0 Å². The van der Waals surface area contributed by atoms with Crippen LogP contribution >= 0.6 is 0 Å². The Morgan fingerprint density at radius 1 is 1.12 bits per heavy atom. The number of likely N-dealkylation sites (tertiary alicyclic amines) is 1. The van der Waals surface area contributed by atoms with Crippen molar-refractivity contribution in [3.05, 3.63) is 35.6 Å². The molecule has 3 heteroatoms. The maximum absolute atomic E-state index is 10.9. The Labute approximate surface area is 147 Å². The average Bonchev–Trinajstić information content (AvgIpc) is 2.49. The van der Waals surface area contributed by atoms with Gasteiger partial charge >= 0.3 is 5.97 Å². The summed E-state index contributed by atoms with van der Waals surface area (Å²) in [6, 6.07) is 0. The lowest BCUT2D eigenvalue weighted by Crippen LogP contribution is -2.41. The Morgan fingerprint density at radius 2 is 1.71 bits per heavy atom. The van der Waals surface area contributed by atoms with Crippen molar-refractivity contribution in [1.29, 1.82) is 0 Å². The Kier molecular flexibility index (Phi) is 6.31. The molecule has 0 radical (unpaired) electrons. The number of rotatable bonds is 5. The Hall–Kier alpha value is -1.51. The summed E-state index contributed by atoms with van der Waals surface area (Å²) in [6.07, 6.45) is 11.8. The van der Waals surface area contributed by atoms with Crippen LogP contribution in [0.15, 0.2) is 35.6 Å². The Bertz CT molecular complexity index is 522. The van der Waals surface area contributed by atoms with Crippen LogP contribution in [-0.2, 0) is 4.79 Å². The number of carbonyl (C=O) groups is 1. The van der Waals surface area contributed by atoms with Gasteiger partial charge in [-0.25, -0.2) is 0 Å². The number of aliphatic carboxylic acids is 1. The second kappa shape index (κ2) is 8.04. The molecule has 0 aromatic rings. The number of hydrogen-bond donors (Lipinski definition) is 1. The standard InChI is InChI=1S/C21H33NO2/c1-16(2)13-17(3)14-18(4)22-11-9-21(10-12-22)7-5-19(6-8-21)15-20(23)24/h13-14,19H,4-12,15H2,1-3H3,(H,23,24)/b17-14-. The van der Waals surface area contributed by atoms with Gasteiger partial charge in [-0.15, -0.1) is 0 Å². The fourth-order valence-corrected chi connectivity index (χ4v) is 4.36. The van der Waals surface area contributed by atoms with Crippen LogP contribution in [0.3, 0.4) is 0 Å². The number of hydrogen-bond acceptors (Lipinski definition) is 2. The summed E-state index contributed by atoms with van der Waals surface area (Å²) in [7, 11) is 0. The lowest BCUT2D eigenvalue weighted by molar-refractivity contribution is -0.138. The molecule has 2 rings (SSSR count). The second-order valence-corrected chi connectivity index (χ2v) is 8.13. The van der Waals surface area contributed by atoms with E-state index in [-0.39, 0.29) is 0 Å². The lowest BCUT2D eigenvalue weighted by atomic mass is 9.65. The molecule has 24 heavy (non-hydrogen) atoms. The molecule has 1 saturated heterocycles. The van der Waals surface area contributed by atoms with Gasteiger partial charge in [0.15, 0.2) is 0 Å². The van der Waals surface area contributed by atoms with Crippen LogP contribution < -0.4 is 0 Å². The molecule has 1 aliphatic carbocycles. The predicted molar refractivity (Wildman–Crippen MR) is 99.8 cm³/mol. The summed E-state index contributed by atoms with van der Waals surface area (Å²) in [4.78, 5) is 13.3. The van der Waals surface area contributed by atoms with E-state index in [0.717, 1.165) is 31.6 Å². The molecule has 1 spiro atoms. The third-order valence-electron chi connectivity index (χ3n) is 5.77. The number of carboxylic acid groups (broad SMARTS) is 1. The minimum absolute atomic E-state index is 0.355. The average molecular weight is 332 g/mol. The molecule has 1 N–H and O–H groups in total. The second-order valence-electron chi connectivity index (χ2n) is 8.13. The zero-order valence-electron chi connectivity index (χ0n) is 15.6. The maximum Gasteiger partial charge on any atom is 0.303 e. The number of piperidine rings is 1. The minimum Gasteiger partial charge on any atom is -0.481 e. The van der Waals surface area contributed by atoms with E-state index in [1.165, 1.54) is 36.8 Å². The molecule has 0 amide bonds. The Balaban J connectivity index is 1.84. The molecule has 134 valence electrons. The van der Waals surface area contributed by atoms with Crippen molar-refractivity contribution < 1.29 is 9.90 Å². The van der Waals surface area contributed by atoms with E-state index in [2.05, 4.69) is 44.4 Å². The SMILES string of the molecule is C=C(/C=C(/C)C=C(C)C)N1CCC2(CCC(CC(=O)O)CC2)CC1. The molecule has 0 unspecified atom stereocenters. The first-order chi connectivity index (χ1) is 11.3. The summed E-state index contributed by atoms with van der Waals surface area (Å²) < 4.78 is 0. The highest BCUT2D eigenvalue weighted by molar-refractivity contribution is 5.67. The van der Waals surface area contributed by atoms with Crippen LogP contribution in [0.5, 0.6) is 0 Å². The summed E-state index contributed by atoms with van der Waals surface area (Å²) in [6.45, 7) is 12.8. The highest BCUT2D eigenvalue weighted by Crippen LogP contribution is 2.47. The summed E-state index contributed by atoms with van der Waals surface area (Å²) in [5, 5.41) is 8.96. The van der Waals surface area contributed by atoms with Crippen molar-refractivity contribution in [2.24, 2.45) is 11.3 Å². The van der Waals surface area contributed by atoms with Crippen LogP contribution in [0.25, 0.3) is 0 Å². The van der Waals surface area contributed by atoms with Crippen molar-refractivity contribution >= 4 is 5.97 Å². The van der Waals surface area contributed by atoms with Gasteiger partial charge in [-0.05, 0) is 82.3 Å². The molecule has 0 aromatic carbocycles. The molecule has 2 fully saturated rings. The van der Waals surface area contributed by atoms with Gasteiger partial charge in [0, 0.05) is 25.2 Å². The van der Waals surface area contributed by atoms with Crippen LogP contribution in [0, 0.1) is 11.3 Å². The number of nitrogens with zero attached hydrogens (tertiary/aromatic N) is 1. The largest absolute Gasteiger partial charge is 0.481 e. The maximum atomic E-state index is 10.9. The van der Waals surface area contributed by atoms with Gasteiger partial charge in [-0.1, -0.05) is 18.2 Å². The van der Waals surface area contributed by atoms with E-state index in [4.69, 9.17) is 5.11 Å². The first kappa shape index (κ1) is 18.8. The lowest BCUT2D eigenvalue weighted by Gasteiger charge is -2.46. The van der Waals surface area contributed by atoms with Crippen LogP contribution in [0.4, 0.5) is 0 Å². The molecule has 1 aliphatic heterocycles. The van der Waals surface area contributed by atoms with Gasteiger partial charge in [0.1, 0.15) is 0 Å². The zero-order valence-corrected chi connectivity index (χ0v) is 15.6. The van der Waals surface area contributed by atoms with Gasteiger partial charge in [0.2, 0.25) is 0 Å². The van der Waals surface area contributed by atoms with Crippen molar-refractivity contribution in [2.45, 2.75) is 65.7 Å². The highest BCUT2D eigenvalue weighted by Gasteiger charge is 2.38. The summed E-state index contributed by atoms with van der Waals surface area (Å²) >= 11 is 0. The predicted octanol–water partition coefficient (Wildman–Crippen LogP) is 5.16. The third-order valence-corrected chi connectivity index (χ3v) is 5.77. The quantitative estimate of drug-likeness (QED) is 0.707. The number of carboxylic acids is 1. The molecule has 1 saturated carbocycles. The van der Waals surface area contributed by atoms with E-state index < -0.39 is 5.97 Å². The van der Waals surface area contributed by atoms with E-state index in [1.807, 2.05) is 0 Å². The molecular weight excluding hydrogens is 298 g/mol. The fourth-order valence-electron chi connectivity index (χ4n) is 4.36. The normalized spacial score (nSPS) is 21.6. The van der Waals surface area contributed by atoms with Crippen LogP contribution in [0.1, 0.15) is 65.7 Å². The molecule has 0 atom stereocenters. The minimum atomic E-state index is -0.638. The molecule has 0 bridgehead atoms. The van der Waals surface area contributed by atoms with Gasteiger partial charge < -0.3 is 10.0 Å². The van der Waals surface area contributed by atoms with Crippen LogP contribution in [0.2, 0.25) is 0 Å². The highest BCUT2D eigenvalue weighted by atomic mass is 16.4. The van der Waals surface area contributed by atoms with Crippen molar-refractivity contribution in [3.63, 3.8) is 0 Å². The fraction of sp³-hybridized carbons (Fsp3) is 0.667. The summed E-state index contributed by atoms with van der Waals surface area (Å²) in [5.74, 6) is -0.239. The molecular formula is C21H33NO2. The van der Waals surface area contributed by atoms with E-state index >= 15 is 0 Å². The first-order valence-electron chi connectivity index (χ1n) is 9.28. The van der Waals surface area contributed by atoms with E-state index in [1.54, 1.807) is 0 Å². The van der Waals surface area contributed by atoms with Gasteiger partial charge in [0.25, 0.3) is 0 Å². The van der Waals surface area contributed by atoms with Gasteiger partial charge in [0.05, 0.1) is 0 Å². The third kappa shape index (κ3) is 5.25. The van der Waals surface area contributed by atoms with Crippen molar-refractivity contribution in [3.8, 4) is 0 Å². The topological polar surface area (TPSA) is 40.5 Å².